The van der Waals surface area contributed by atoms with E-state index in [1.54, 1.807) is 6.07 Å². The van der Waals surface area contributed by atoms with Crippen LogP contribution in [0.25, 0.3) is 0 Å². The summed E-state index contributed by atoms with van der Waals surface area (Å²) >= 11 is 0. The molecule has 0 atom stereocenters. The minimum atomic E-state index is -3.72. The van der Waals surface area contributed by atoms with Gasteiger partial charge in [0.15, 0.2) is 0 Å². The smallest absolute Gasteiger partial charge is 0.304 e. The predicted molar refractivity (Wildman–Crippen MR) is 69.2 cm³/mol. The second-order valence-electron chi connectivity index (χ2n) is 3.67. The molecule has 0 saturated heterocycles. The van der Waals surface area contributed by atoms with Crippen molar-refractivity contribution in [3.63, 3.8) is 0 Å². The van der Waals surface area contributed by atoms with Gasteiger partial charge in [-0.3, -0.25) is 9.52 Å². The first-order chi connectivity index (χ1) is 8.86. The summed E-state index contributed by atoms with van der Waals surface area (Å²) in [4.78, 5) is 10.4. The van der Waals surface area contributed by atoms with E-state index in [0.717, 1.165) is 0 Å². The Bertz CT molecular complexity index is 532. The molecule has 0 unspecified atom stereocenters. The van der Waals surface area contributed by atoms with Crippen LogP contribution in [0.4, 0.5) is 5.69 Å². The van der Waals surface area contributed by atoms with Crippen molar-refractivity contribution in [2.24, 2.45) is 0 Å². The van der Waals surface area contributed by atoms with E-state index in [9.17, 15) is 13.2 Å². The number of sulfonamides is 1. The summed E-state index contributed by atoms with van der Waals surface area (Å²) in [5, 5.41) is 8.48. The monoisotopic (exact) mass is 289 g/mol. The number of nitrogens with one attached hydrogen (secondary N) is 1. The van der Waals surface area contributed by atoms with E-state index in [4.69, 9.17) is 14.6 Å². The van der Waals surface area contributed by atoms with Gasteiger partial charge in [0, 0.05) is 18.2 Å². The van der Waals surface area contributed by atoms with Gasteiger partial charge in [-0.05, 0) is 0 Å². The first kappa shape index (κ1) is 15.1. The van der Waals surface area contributed by atoms with Crippen LogP contribution < -0.4 is 14.2 Å². The average molecular weight is 289 g/mol. The van der Waals surface area contributed by atoms with Crippen LogP contribution in [-0.2, 0) is 14.8 Å². The number of anilines is 1. The molecule has 7 nitrogen and oxygen atoms in total. The fraction of sp³-hybridized carbons (Fsp3) is 0.364. The standard InChI is InChI=1S/C11H15NO6S/c1-17-9-5-8(6-10(7-9)18-2)12-19(15,16)4-3-11(13)14/h5-7,12H,3-4H2,1-2H3,(H,13,14). The molecule has 0 bridgehead atoms. The lowest BCUT2D eigenvalue weighted by molar-refractivity contribution is -0.136. The molecule has 19 heavy (non-hydrogen) atoms. The van der Waals surface area contributed by atoms with Crippen molar-refractivity contribution in [1.29, 1.82) is 0 Å². The van der Waals surface area contributed by atoms with Crippen LogP contribution in [0, 0.1) is 0 Å². The highest BCUT2D eigenvalue weighted by Gasteiger charge is 2.14. The van der Waals surface area contributed by atoms with Crippen LogP contribution in [0.1, 0.15) is 6.42 Å². The molecule has 0 aromatic heterocycles. The summed E-state index contributed by atoms with van der Waals surface area (Å²) < 4.78 is 35.6. The highest BCUT2D eigenvalue weighted by Crippen LogP contribution is 2.26. The van der Waals surface area contributed by atoms with Crippen molar-refractivity contribution in [1.82, 2.24) is 0 Å². The molecule has 0 amide bonds. The van der Waals surface area contributed by atoms with E-state index in [0.29, 0.717) is 11.5 Å². The van der Waals surface area contributed by atoms with Crippen molar-refractivity contribution in [2.45, 2.75) is 6.42 Å². The van der Waals surface area contributed by atoms with Gasteiger partial charge in [-0.25, -0.2) is 8.42 Å². The minimum Gasteiger partial charge on any atom is -0.497 e. The van der Waals surface area contributed by atoms with Gasteiger partial charge in [0.05, 0.1) is 32.1 Å². The number of ether oxygens (including phenoxy) is 2. The molecular weight excluding hydrogens is 274 g/mol. The van der Waals surface area contributed by atoms with Gasteiger partial charge in [0.25, 0.3) is 0 Å². The van der Waals surface area contributed by atoms with E-state index in [1.807, 2.05) is 0 Å². The van der Waals surface area contributed by atoms with Crippen molar-refractivity contribution >= 4 is 21.7 Å². The molecule has 1 aromatic carbocycles. The molecule has 1 aromatic rings. The minimum absolute atomic E-state index is 0.251. The van der Waals surface area contributed by atoms with E-state index < -0.39 is 28.2 Å². The second-order valence-corrected chi connectivity index (χ2v) is 5.51. The molecule has 1 rings (SSSR count). The Kier molecular flexibility index (Phi) is 4.99. The fourth-order valence-electron chi connectivity index (χ4n) is 1.32. The molecule has 0 saturated carbocycles. The highest BCUT2D eigenvalue weighted by molar-refractivity contribution is 7.92. The summed E-state index contributed by atoms with van der Waals surface area (Å²) in [7, 11) is -0.838. The Morgan fingerprint density at radius 2 is 1.74 bits per heavy atom. The SMILES string of the molecule is COc1cc(NS(=O)(=O)CCC(=O)O)cc(OC)c1. The number of aliphatic carboxylic acids is 1. The van der Waals surface area contributed by atoms with Gasteiger partial charge < -0.3 is 14.6 Å². The molecule has 0 radical (unpaired) electrons. The van der Waals surface area contributed by atoms with Gasteiger partial charge in [-0.1, -0.05) is 0 Å². The maximum Gasteiger partial charge on any atom is 0.304 e. The number of hydrogen-bond donors (Lipinski definition) is 2. The summed E-state index contributed by atoms with van der Waals surface area (Å²) in [5.41, 5.74) is 0.251. The number of methoxy groups -OCH3 is 2. The predicted octanol–water partition coefficient (Wildman–Crippen LogP) is 0.920. The number of benzene rings is 1. The second kappa shape index (κ2) is 6.28. The van der Waals surface area contributed by atoms with Crippen molar-refractivity contribution in [3.8, 4) is 11.5 Å². The van der Waals surface area contributed by atoms with Crippen molar-refractivity contribution < 1.29 is 27.8 Å². The quantitative estimate of drug-likeness (QED) is 0.774. The van der Waals surface area contributed by atoms with Crippen LogP contribution >= 0.6 is 0 Å². The third kappa shape index (κ3) is 5.04. The van der Waals surface area contributed by atoms with Crippen LogP contribution in [0.15, 0.2) is 18.2 Å². The summed E-state index contributed by atoms with van der Waals surface area (Å²) in [5.74, 6) is -0.818. The number of hydrogen-bond acceptors (Lipinski definition) is 5. The number of carboxylic acid groups (broad SMARTS) is 1. The Labute approximate surface area is 111 Å². The van der Waals surface area contributed by atoms with Crippen LogP contribution in [-0.4, -0.2) is 39.5 Å². The topological polar surface area (TPSA) is 102 Å². The van der Waals surface area contributed by atoms with E-state index in [1.165, 1.54) is 26.4 Å². The van der Waals surface area contributed by atoms with Crippen LogP contribution in [0.2, 0.25) is 0 Å². The molecule has 0 spiro atoms. The van der Waals surface area contributed by atoms with Gasteiger partial charge in [0.1, 0.15) is 11.5 Å². The Hall–Kier alpha value is -1.96. The van der Waals surface area contributed by atoms with E-state index in [2.05, 4.69) is 4.72 Å². The first-order valence-electron chi connectivity index (χ1n) is 5.31. The lowest BCUT2D eigenvalue weighted by Crippen LogP contribution is -2.18. The molecule has 0 aliphatic rings. The molecule has 106 valence electrons. The molecule has 2 N–H and O–H groups in total. The zero-order chi connectivity index (χ0) is 14.5. The van der Waals surface area contributed by atoms with E-state index in [-0.39, 0.29) is 5.69 Å². The first-order valence-corrected chi connectivity index (χ1v) is 6.97. The molecular formula is C11H15NO6S. The normalized spacial score (nSPS) is 10.8. The zero-order valence-electron chi connectivity index (χ0n) is 10.5. The summed E-state index contributed by atoms with van der Waals surface area (Å²) in [6.07, 6.45) is -0.462. The third-order valence-electron chi connectivity index (χ3n) is 2.21. The summed E-state index contributed by atoms with van der Waals surface area (Å²) in [6, 6.07) is 4.54. The van der Waals surface area contributed by atoms with E-state index >= 15 is 0 Å². The van der Waals surface area contributed by atoms with Crippen molar-refractivity contribution in [3.05, 3.63) is 18.2 Å². The molecule has 8 heteroatoms. The van der Waals surface area contributed by atoms with Crippen LogP contribution in [0.3, 0.4) is 0 Å². The van der Waals surface area contributed by atoms with Gasteiger partial charge in [-0.15, -0.1) is 0 Å². The van der Waals surface area contributed by atoms with Gasteiger partial charge in [-0.2, -0.15) is 0 Å². The summed E-state index contributed by atoms with van der Waals surface area (Å²) in [6.45, 7) is 0. The lowest BCUT2D eigenvalue weighted by Gasteiger charge is -2.10. The molecule has 0 aliphatic carbocycles. The Morgan fingerprint density at radius 1 is 1.21 bits per heavy atom. The third-order valence-corrected chi connectivity index (χ3v) is 3.50. The molecule has 0 fully saturated rings. The Balaban J connectivity index is 2.89. The van der Waals surface area contributed by atoms with Crippen molar-refractivity contribution in [2.75, 3.05) is 24.7 Å². The fourth-order valence-corrected chi connectivity index (χ4v) is 2.34. The Morgan fingerprint density at radius 3 is 2.16 bits per heavy atom. The highest BCUT2D eigenvalue weighted by atomic mass is 32.2. The zero-order valence-corrected chi connectivity index (χ0v) is 11.4. The number of rotatable bonds is 7. The number of carbonyl (C=O) groups is 1. The van der Waals surface area contributed by atoms with Gasteiger partial charge >= 0.3 is 5.97 Å². The maximum absolute atomic E-state index is 11.6. The lowest BCUT2D eigenvalue weighted by atomic mass is 10.3. The number of carboxylic acids is 1. The average Bonchev–Trinajstić information content (AvgIpc) is 2.35. The maximum atomic E-state index is 11.6. The largest absolute Gasteiger partial charge is 0.497 e. The molecule has 0 heterocycles. The van der Waals surface area contributed by atoms with Gasteiger partial charge in [0.2, 0.25) is 10.0 Å². The van der Waals surface area contributed by atoms with Crippen LogP contribution in [0.5, 0.6) is 11.5 Å². The molecule has 0 aliphatic heterocycles.